The van der Waals surface area contributed by atoms with Crippen molar-refractivity contribution >= 4 is 15.9 Å². The van der Waals surface area contributed by atoms with Crippen molar-refractivity contribution < 1.29 is 4.74 Å². The Balaban J connectivity index is 2.43. The fraction of sp³-hybridized carbons (Fsp3) is 0.286. The van der Waals surface area contributed by atoms with Gasteiger partial charge < -0.3 is 10.1 Å². The number of halogens is 1. The maximum absolute atomic E-state index is 5.23. The number of hydrogen-bond donors (Lipinski definition) is 1. The summed E-state index contributed by atoms with van der Waals surface area (Å²) < 4.78 is 6.15. The summed E-state index contributed by atoms with van der Waals surface area (Å²) in [6.07, 6.45) is 0. The molecule has 1 heterocycles. The van der Waals surface area contributed by atoms with E-state index in [-0.39, 0.29) is 0 Å². The number of rotatable bonds is 4. The minimum Gasteiger partial charge on any atom is -0.496 e. The number of hydrogen-bond acceptors (Lipinski definition) is 4. The second-order valence-corrected chi connectivity index (χ2v) is 5.04. The monoisotopic (exact) mass is 321 g/mol. The van der Waals surface area contributed by atoms with E-state index >= 15 is 0 Å². The molecule has 2 aromatic rings. The summed E-state index contributed by atoms with van der Waals surface area (Å²) in [6.45, 7) is 2.63. The molecule has 1 aromatic heterocycles. The molecule has 0 unspecified atom stereocenters. The van der Waals surface area contributed by atoms with E-state index in [0.717, 1.165) is 33.0 Å². The molecule has 0 saturated heterocycles. The van der Waals surface area contributed by atoms with Gasteiger partial charge in [-0.1, -0.05) is 0 Å². The lowest BCUT2D eigenvalue weighted by atomic mass is 10.1. The van der Waals surface area contributed by atoms with Crippen molar-refractivity contribution in [3.63, 3.8) is 0 Å². The quantitative estimate of drug-likeness (QED) is 0.940. The van der Waals surface area contributed by atoms with Crippen molar-refractivity contribution in [1.82, 2.24) is 15.3 Å². The third kappa shape index (κ3) is 3.30. The van der Waals surface area contributed by atoms with Crippen LogP contribution in [0.1, 0.15) is 11.5 Å². The zero-order chi connectivity index (χ0) is 13.8. The molecule has 0 fully saturated rings. The molecule has 0 amide bonds. The zero-order valence-corrected chi connectivity index (χ0v) is 12.8. The van der Waals surface area contributed by atoms with Crippen molar-refractivity contribution in [2.24, 2.45) is 0 Å². The van der Waals surface area contributed by atoms with Crippen LogP contribution in [0.3, 0.4) is 0 Å². The summed E-state index contributed by atoms with van der Waals surface area (Å²) in [5, 5.41) is 3.07. The van der Waals surface area contributed by atoms with E-state index in [9.17, 15) is 0 Å². The molecule has 0 saturated carbocycles. The number of aryl methyl sites for hydroxylation is 1. The number of aromatic nitrogens is 2. The second kappa shape index (κ2) is 6.12. The van der Waals surface area contributed by atoms with Crippen LogP contribution in [0.2, 0.25) is 0 Å². The fourth-order valence-electron chi connectivity index (χ4n) is 1.84. The Morgan fingerprint density at radius 1 is 1.26 bits per heavy atom. The van der Waals surface area contributed by atoms with Crippen molar-refractivity contribution in [2.45, 2.75) is 13.5 Å². The molecule has 0 aliphatic heterocycles. The van der Waals surface area contributed by atoms with Crippen LogP contribution in [0.15, 0.2) is 28.7 Å². The van der Waals surface area contributed by atoms with E-state index in [1.165, 1.54) is 0 Å². The summed E-state index contributed by atoms with van der Waals surface area (Å²) in [6, 6.07) is 7.90. The van der Waals surface area contributed by atoms with Crippen molar-refractivity contribution in [1.29, 1.82) is 0 Å². The standard InChI is InChI=1S/C14H16BrN3O/c1-9-6-12(18-14(17-9)8-16-2)10-4-5-13(19-3)11(15)7-10/h4-7,16H,8H2,1-3H3. The number of methoxy groups -OCH3 is 1. The third-order valence-corrected chi connectivity index (χ3v) is 3.30. The lowest BCUT2D eigenvalue weighted by Gasteiger charge is -2.08. The summed E-state index contributed by atoms with van der Waals surface area (Å²) in [4.78, 5) is 8.95. The summed E-state index contributed by atoms with van der Waals surface area (Å²) in [5.74, 6) is 1.61. The van der Waals surface area contributed by atoms with Gasteiger partial charge in [-0.25, -0.2) is 9.97 Å². The van der Waals surface area contributed by atoms with Crippen LogP contribution in [0.25, 0.3) is 11.3 Å². The molecular weight excluding hydrogens is 306 g/mol. The molecule has 1 N–H and O–H groups in total. The van der Waals surface area contributed by atoms with Crippen LogP contribution in [-0.2, 0) is 6.54 Å². The first-order chi connectivity index (χ1) is 9.13. The van der Waals surface area contributed by atoms with Gasteiger partial charge in [0.25, 0.3) is 0 Å². The van der Waals surface area contributed by atoms with Gasteiger partial charge in [0, 0.05) is 11.3 Å². The fourth-order valence-corrected chi connectivity index (χ4v) is 2.38. The van der Waals surface area contributed by atoms with Gasteiger partial charge in [0.2, 0.25) is 0 Å². The maximum Gasteiger partial charge on any atom is 0.143 e. The first kappa shape index (κ1) is 14.0. The molecule has 0 aliphatic carbocycles. The molecule has 0 spiro atoms. The molecule has 0 atom stereocenters. The first-order valence-electron chi connectivity index (χ1n) is 5.97. The minimum absolute atomic E-state index is 0.659. The van der Waals surface area contributed by atoms with E-state index in [2.05, 4.69) is 31.2 Å². The molecule has 2 rings (SSSR count). The summed E-state index contributed by atoms with van der Waals surface area (Å²) in [5.41, 5.74) is 2.92. The van der Waals surface area contributed by atoms with Crippen LogP contribution < -0.4 is 10.1 Å². The molecule has 4 nitrogen and oxygen atoms in total. The normalized spacial score (nSPS) is 10.5. The average Bonchev–Trinajstić information content (AvgIpc) is 2.38. The Morgan fingerprint density at radius 2 is 2.05 bits per heavy atom. The van der Waals surface area contributed by atoms with E-state index in [1.54, 1.807) is 7.11 Å². The number of ether oxygens (including phenoxy) is 1. The Labute approximate surface area is 121 Å². The predicted molar refractivity (Wildman–Crippen MR) is 79.2 cm³/mol. The topological polar surface area (TPSA) is 47.0 Å². The molecule has 0 bridgehead atoms. The first-order valence-corrected chi connectivity index (χ1v) is 6.76. The average molecular weight is 322 g/mol. The van der Waals surface area contributed by atoms with Gasteiger partial charge in [-0.2, -0.15) is 0 Å². The molecule has 19 heavy (non-hydrogen) atoms. The van der Waals surface area contributed by atoms with Gasteiger partial charge in [-0.15, -0.1) is 0 Å². The smallest absolute Gasteiger partial charge is 0.143 e. The highest BCUT2D eigenvalue weighted by Crippen LogP contribution is 2.29. The van der Waals surface area contributed by atoms with Crippen LogP contribution in [0.5, 0.6) is 5.75 Å². The highest BCUT2D eigenvalue weighted by molar-refractivity contribution is 9.10. The highest BCUT2D eigenvalue weighted by Gasteiger charge is 2.07. The molecule has 0 radical (unpaired) electrons. The Hall–Kier alpha value is -1.46. The van der Waals surface area contributed by atoms with Crippen LogP contribution >= 0.6 is 15.9 Å². The molecule has 1 aromatic carbocycles. The van der Waals surface area contributed by atoms with Gasteiger partial charge in [0.15, 0.2) is 0 Å². The van der Waals surface area contributed by atoms with Crippen LogP contribution in [0.4, 0.5) is 0 Å². The molecule has 100 valence electrons. The lowest BCUT2D eigenvalue weighted by Crippen LogP contribution is -2.10. The van der Waals surface area contributed by atoms with Crippen LogP contribution in [0, 0.1) is 6.92 Å². The van der Waals surface area contributed by atoms with Crippen LogP contribution in [-0.4, -0.2) is 24.1 Å². The molecular formula is C14H16BrN3O. The maximum atomic E-state index is 5.23. The number of benzene rings is 1. The Morgan fingerprint density at radius 3 is 2.68 bits per heavy atom. The van der Waals surface area contributed by atoms with Crippen molar-refractivity contribution in [2.75, 3.05) is 14.2 Å². The van der Waals surface area contributed by atoms with Gasteiger partial charge in [-0.3, -0.25) is 0 Å². The van der Waals surface area contributed by atoms with E-state index in [0.29, 0.717) is 6.54 Å². The Kier molecular flexibility index (Phi) is 4.50. The Bertz CT molecular complexity index is 587. The summed E-state index contributed by atoms with van der Waals surface area (Å²) >= 11 is 3.49. The summed E-state index contributed by atoms with van der Waals surface area (Å²) in [7, 11) is 3.54. The second-order valence-electron chi connectivity index (χ2n) is 4.19. The van der Waals surface area contributed by atoms with Gasteiger partial charge in [0.1, 0.15) is 11.6 Å². The number of nitrogens with one attached hydrogen (secondary N) is 1. The third-order valence-electron chi connectivity index (χ3n) is 2.68. The van der Waals surface area contributed by atoms with Crippen molar-refractivity contribution in [3.05, 3.63) is 40.3 Å². The largest absolute Gasteiger partial charge is 0.496 e. The van der Waals surface area contributed by atoms with E-state index in [1.807, 2.05) is 38.2 Å². The highest BCUT2D eigenvalue weighted by atomic mass is 79.9. The van der Waals surface area contributed by atoms with Gasteiger partial charge >= 0.3 is 0 Å². The predicted octanol–water partition coefficient (Wildman–Crippen LogP) is 2.94. The van der Waals surface area contributed by atoms with Gasteiger partial charge in [0.05, 0.1) is 23.8 Å². The molecule has 5 heteroatoms. The number of nitrogens with zero attached hydrogens (tertiary/aromatic N) is 2. The van der Waals surface area contributed by atoms with E-state index in [4.69, 9.17) is 4.74 Å². The minimum atomic E-state index is 0.659. The molecule has 0 aliphatic rings. The van der Waals surface area contributed by atoms with Crippen molar-refractivity contribution in [3.8, 4) is 17.0 Å². The van der Waals surface area contributed by atoms with E-state index < -0.39 is 0 Å². The lowest BCUT2D eigenvalue weighted by molar-refractivity contribution is 0.412. The SMILES string of the molecule is CNCc1nc(C)cc(-c2ccc(OC)c(Br)c2)n1. The van der Waals surface area contributed by atoms with Gasteiger partial charge in [-0.05, 0) is 54.2 Å². The zero-order valence-electron chi connectivity index (χ0n) is 11.2.